The maximum atomic E-state index is 12.6. The van der Waals surface area contributed by atoms with E-state index < -0.39 is 33.8 Å². The van der Waals surface area contributed by atoms with Crippen molar-refractivity contribution in [2.45, 2.75) is 50.7 Å². The van der Waals surface area contributed by atoms with Crippen molar-refractivity contribution in [3.8, 4) is 0 Å². The van der Waals surface area contributed by atoms with Gasteiger partial charge < -0.3 is 14.2 Å². The third kappa shape index (κ3) is 7.23. The van der Waals surface area contributed by atoms with Gasteiger partial charge in [-0.2, -0.15) is 8.42 Å². The van der Waals surface area contributed by atoms with E-state index in [-0.39, 0.29) is 11.3 Å². The lowest BCUT2D eigenvalue weighted by Crippen LogP contribution is -2.46. The van der Waals surface area contributed by atoms with Crippen LogP contribution in [-0.4, -0.2) is 32.1 Å². The minimum Gasteiger partial charge on any atom is -0.444 e. The molecule has 2 aromatic rings. The van der Waals surface area contributed by atoms with Gasteiger partial charge in [-0.1, -0.05) is 48.0 Å². The number of ether oxygens (including phenoxy) is 1. The topological polar surface area (TPSA) is 98.8 Å². The summed E-state index contributed by atoms with van der Waals surface area (Å²) in [6.45, 7) is 6.85. The molecular formula is C21H25NO6S. The number of nitrogens with one attached hydrogen (secondary N) is 1. The van der Waals surface area contributed by atoms with Gasteiger partial charge in [-0.3, -0.25) is 0 Å². The van der Waals surface area contributed by atoms with Crippen molar-refractivity contribution in [2.75, 3.05) is 0 Å². The van der Waals surface area contributed by atoms with Crippen molar-refractivity contribution in [1.82, 2.24) is 5.32 Å². The Kier molecular flexibility index (Phi) is 7.02. The number of aryl methyl sites for hydroxylation is 1. The van der Waals surface area contributed by atoms with Crippen LogP contribution >= 0.6 is 0 Å². The Morgan fingerprint density at radius 1 is 1.00 bits per heavy atom. The maximum Gasteiger partial charge on any atom is 0.408 e. The Labute approximate surface area is 171 Å². The van der Waals surface area contributed by atoms with Crippen LogP contribution in [0.1, 0.15) is 31.9 Å². The summed E-state index contributed by atoms with van der Waals surface area (Å²) in [4.78, 5) is 24.6. The van der Waals surface area contributed by atoms with Crippen LogP contribution in [-0.2, 0) is 30.3 Å². The molecule has 0 aliphatic heterocycles. The summed E-state index contributed by atoms with van der Waals surface area (Å²) < 4.78 is 34.8. The summed E-state index contributed by atoms with van der Waals surface area (Å²) in [5.41, 5.74) is 0.807. The van der Waals surface area contributed by atoms with Crippen LogP contribution in [0.3, 0.4) is 0 Å². The standard InChI is InChI=1S/C21H25NO6S/c1-15-10-12-17(13-11-15)29(25,26)28-19(23)18(14-16-8-6-5-7-9-16)22-20(24)27-21(2,3)4/h5-13,18H,14H2,1-4H3,(H,22,24)/t18-/m0/s1. The van der Waals surface area contributed by atoms with Crippen molar-refractivity contribution in [3.05, 3.63) is 65.7 Å². The zero-order chi connectivity index (χ0) is 21.7. The molecule has 0 bridgehead atoms. The van der Waals surface area contributed by atoms with Gasteiger partial charge in [0.25, 0.3) is 0 Å². The highest BCUT2D eigenvalue weighted by Crippen LogP contribution is 2.16. The Morgan fingerprint density at radius 2 is 1.59 bits per heavy atom. The van der Waals surface area contributed by atoms with Crippen LogP contribution in [0.5, 0.6) is 0 Å². The summed E-state index contributed by atoms with van der Waals surface area (Å²) in [5.74, 6) is -1.10. The first-order valence-electron chi connectivity index (χ1n) is 9.05. The fraction of sp³-hybridized carbons (Fsp3) is 0.333. The number of carbonyl (C=O) groups is 2. The Morgan fingerprint density at radius 3 is 2.14 bits per heavy atom. The van der Waals surface area contributed by atoms with Gasteiger partial charge in [-0.25, -0.2) is 9.59 Å². The first kappa shape index (κ1) is 22.4. The lowest BCUT2D eigenvalue weighted by Gasteiger charge is -2.23. The first-order valence-corrected chi connectivity index (χ1v) is 10.5. The molecule has 0 fully saturated rings. The largest absolute Gasteiger partial charge is 0.444 e. The van der Waals surface area contributed by atoms with Gasteiger partial charge in [-0.15, -0.1) is 0 Å². The molecule has 0 spiro atoms. The van der Waals surface area contributed by atoms with Crippen molar-refractivity contribution in [1.29, 1.82) is 0 Å². The summed E-state index contributed by atoms with van der Waals surface area (Å²) >= 11 is 0. The first-order chi connectivity index (χ1) is 13.5. The van der Waals surface area contributed by atoms with Gasteiger partial charge in [0.1, 0.15) is 16.5 Å². The molecule has 8 heteroatoms. The van der Waals surface area contributed by atoms with Crippen LogP contribution < -0.4 is 5.32 Å². The number of amides is 1. The van der Waals surface area contributed by atoms with Gasteiger partial charge in [0, 0.05) is 6.42 Å². The molecule has 7 nitrogen and oxygen atoms in total. The minimum atomic E-state index is -4.33. The van der Waals surface area contributed by atoms with Gasteiger partial charge in [0.2, 0.25) is 0 Å². The van der Waals surface area contributed by atoms with Crippen molar-refractivity contribution in [3.63, 3.8) is 0 Å². The molecule has 29 heavy (non-hydrogen) atoms. The maximum absolute atomic E-state index is 12.6. The molecule has 1 amide bonds. The van der Waals surface area contributed by atoms with Crippen molar-refractivity contribution >= 4 is 22.2 Å². The zero-order valence-corrected chi connectivity index (χ0v) is 17.7. The van der Waals surface area contributed by atoms with E-state index >= 15 is 0 Å². The smallest absolute Gasteiger partial charge is 0.408 e. The molecule has 156 valence electrons. The molecule has 1 N–H and O–H groups in total. The lowest BCUT2D eigenvalue weighted by atomic mass is 10.1. The highest BCUT2D eigenvalue weighted by molar-refractivity contribution is 7.87. The molecule has 2 aromatic carbocycles. The molecule has 0 aromatic heterocycles. The number of alkyl carbamates (subject to hydrolysis) is 1. The van der Waals surface area contributed by atoms with Crippen LogP contribution in [0.15, 0.2) is 59.5 Å². The van der Waals surface area contributed by atoms with E-state index in [0.29, 0.717) is 0 Å². The Balaban J connectivity index is 2.20. The fourth-order valence-electron chi connectivity index (χ4n) is 2.41. The van der Waals surface area contributed by atoms with Gasteiger partial charge >= 0.3 is 22.2 Å². The fourth-order valence-corrected chi connectivity index (χ4v) is 3.31. The molecule has 0 heterocycles. The van der Waals surface area contributed by atoms with E-state index in [1.165, 1.54) is 12.1 Å². The SMILES string of the molecule is Cc1ccc(S(=O)(=O)OC(=O)[C@H](Cc2ccccc2)NC(=O)OC(C)(C)C)cc1. The quantitative estimate of drug-likeness (QED) is 0.721. The van der Waals surface area contributed by atoms with Crippen LogP contribution in [0, 0.1) is 6.92 Å². The number of rotatable bonds is 6. The summed E-state index contributed by atoms with van der Waals surface area (Å²) in [7, 11) is -4.33. The van der Waals surface area contributed by atoms with E-state index in [1.807, 2.05) is 6.92 Å². The van der Waals surface area contributed by atoms with E-state index in [2.05, 4.69) is 5.32 Å². The van der Waals surface area contributed by atoms with E-state index in [0.717, 1.165) is 11.1 Å². The van der Waals surface area contributed by atoms with Crippen LogP contribution in [0.4, 0.5) is 4.79 Å². The second kappa shape index (κ2) is 9.09. The highest BCUT2D eigenvalue weighted by atomic mass is 32.2. The summed E-state index contributed by atoms with van der Waals surface area (Å²) in [6.07, 6.45) is -0.800. The monoisotopic (exact) mass is 419 g/mol. The number of carbonyl (C=O) groups excluding carboxylic acids is 2. The third-order valence-electron chi connectivity index (χ3n) is 3.76. The molecule has 0 saturated heterocycles. The number of hydrogen-bond acceptors (Lipinski definition) is 6. The van der Waals surface area contributed by atoms with Crippen molar-refractivity contribution < 1.29 is 26.9 Å². The Bertz CT molecular complexity index is 947. The van der Waals surface area contributed by atoms with E-state index in [1.54, 1.807) is 63.2 Å². The molecule has 0 aliphatic carbocycles. The number of hydrogen-bond donors (Lipinski definition) is 1. The number of benzene rings is 2. The average molecular weight is 419 g/mol. The van der Waals surface area contributed by atoms with Gasteiger partial charge in [0.05, 0.1) is 0 Å². The van der Waals surface area contributed by atoms with Crippen molar-refractivity contribution in [2.24, 2.45) is 0 Å². The second-order valence-corrected chi connectivity index (χ2v) is 9.10. The highest BCUT2D eigenvalue weighted by Gasteiger charge is 2.30. The molecule has 2 rings (SSSR count). The second-order valence-electron chi connectivity index (χ2n) is 7.56. The van der Waals surface area contributed by atoms with Crippen LogP contribution in [0.2, 0.25) is 0 Å². The van der Waals surface area contributed by atoms with E-state index in [4.69, 9.17) is 8.92 Å². The minimum absolute atomic E-state index is 0.0440. The molecule has 1 atom stereocenters. The predicted octanol–water partition coefficient (Wildman–Crippen LogP) is 3.36. The summed E-state index contributed by atoms with van der Waals surface area (Å²) in [6, 6.07) is 13.5. The lowest BCUT2D eigenvalue weighted by molar-refractivity contribution is -0.136. The molecule has 0 saturated carbocycles. The molecule has 0 unspecified atom stereocenters. The Hall–Kier alpha value is -2.87. The zero-order valence-electron chi connectivity index (χ0n) is 16.8. The molecular weight excluding hydrogens is 394 g/mol. The summed E-state index contributed by atoms with van der Waals surface area (Å²) in [5, 5.41) is 2.40. The normalized spacial score (nSPS) is 12.7. The van der Waals surface area contributed by atoms with E-state index in [9.17, 15) is 18.0 Å². The van der Waals surface area contributed by atoms with Gasteiger partial charge in [-0.05, 0) is 45.4 Å². The molecule has 0 radical (unpaired) electrons. The van der Waals surface area contributed by atoms with Gasteiger partial charge in [0.15, 0.2) is 0 Å². The third-order valence-corrected chi connectivity index (χ3v) is 4.99. The van der Waals surface area contributed by atoms with Crippen LogP contribution in [0.25, 0.3) is 0 Å². The average Bonchev–Trinajstić information content (AvgIpc) is 2.60. The predicted molar refractivity (Wildman–Crippen MR) is 108 cm³/mol. The molecule has 0 aliphatic rings.